The van der Waals surface area contributed by atoms with Crippen LogP contribution in [-0.4, -0.2) is 20.7 Å². The van der Waals surface area contributed by atoms with Crippen molar-refractivity contribution in [3.8, 4) is 5.75 Å². The van der Waals surface area contributed by atoms with Crippen LogP contribution in [-0.2, 0) is 11.8 Å². The molecule has 0 saturated carbocycles. The van der Waals surface area contributed by atoms with E-state index in [-0.39, 0.29) is 5.41 Å². The first-order valence-corrected chi connectivity index (χ1v) is 6.62. The third kappa shape index (κ3) is 2.17. The lowest BCUT2D eigenvalue weighted by Crippen LogP contribution is -2.33. The zero-order valence-electron chi connectivity index (χ0n) is 11.7. The predicted octanol–water partition coefficient (Wildman–Crippen LogP) is 3.06. The fourth-order valence-electron chi connectivity index (χ4n) is 2.85. The second kappa shape index (κ2) is 5.15. The molecule has 18 heavy (non-hydrogen) atoms. The summed E-state index contributed by atoms with van der Waals surface area (Å²) in [6.07, 6.45) is 3.29. The molecule has 0 fully saturated rings. The standard InChI is InChI=1S/C16H23NO/c1-12-5-6-13-7-8-14(18-4)11-15(13)16(12,2)9-10-17-3/h7-8,11,17H,1,5-6,9-10H2,2-4H3/t16-/m1/s1. The zero-order valence-corrected chi connectivity index (χ0v) is 11.7. The minimum atomic E-state index is 0.0745. The minimum Gasteiger partial charge on any atom is -0.497 e. The van der Waals surface area contributed by atoms with Gasteiger partial charge in [0.2, 0.25) is 0 Å². The average molecular weight is 245 g/mol. The van der Waals surface area contributed by atoms with Crippen molar-refractivity contribution in [1.82, 2.24) is 5.32 Å². The van der Waals surface area contributed by atoms with E-state index in [2.05, 4.69) is 37.0 Å². The number of rotatable bonds is 4. The number of hydrogen-bond acceptors (Lipinski definition) is 2. The molecule has 0 spiro atoms. The first-order chi connectivity index (χ1) is 8.61. The summed E-state index contributed by atoms with van der Waals surface area (Å²) in [7, 11) is 3.73. The zero-order chi connectivity index (χ0) is 13.2. The van der Waals surface area contributed by atoms with E-state index < -0.39 is 0 Å². The summed E-state index contributed by atoms with van der Waals surface area (Å²) in [5.41, 5.74) is 4.26. The second-order valence-electron chi connectivity index (χ2n) is 5.31. The van der Waals surface area contributed by atoms with Crippen LogP contribution in [0.2, 0.25) is 0 Å². The van der Waals surface area contributed by atoms with Crippen LogP contribution in [0, 0.1) is 0 Å². The van der Waals surface area contributed by atoms with E-state index in [0.717, 1.165) is 31.6 Å². The molecule has 0 heterocycles. The Labute approximate surface area is 110 Å². The van der Waals surface area contributed by atoms with E-state index in [1.165, 1.54) is 16.7 Å². The number of methoxy groups -OCH3 is 1. The first-order valence-electron chi connectivity index (χ1n) is 6.62. The molecule has 0 radical (unpaired) electrons. The van der Waals surface area contributed by atoms with E-state index in [4.69, 9.17) is 4.74 Å². The molecule has 0 unspecified atom stereocenters. The lowest BCUT2D eigenvalue weighted by Gasteiger charge is -2.38. The quantitative estimate of drug-likeness (QED) is 0.823. The molecule has 1 aromatic carbocycles. The number of fused-ring (bicyclic) bond motifs is 1. The molecule has 2 heteroatoms. The van der Waals surface area contributed by atoms with Crippen LogP contribution in [0.4, 0.5) is 0 Å². The Morgan fingerprint density at radius 3 is 2.83 bits per heavy atom. The van der Waals surface area contributed by atoms with Gasteiger partial charge < -0.3 is 10.1 Å². The lowest BCUT2D eigenvalue weighted by molar-refractivity contribution is 0.408. The van der Waals surface area contributed by atoms with Crippen molar-refractivity contribution in [2.45, 2.75) is 31.6 Å². The summed E-state index contributed by atoms with van der Waals surface area (Å²) >= 11 is 0. The number of allylic oxidation sites excluding steroid dienone is 1. The molecule has 1 atom stereocenters. The molecule has 1 aromatic rings. The van der Waals surface area contributed by atoms with Gasteiger partial charge >= 0.3 is 0 Å². The minimum absolute atomic E-state index is 0.0745. The third-order valence-electron chi connectivity index (χ3n) is 4.26. The summed E-state index contributed by atoms with van der Waals surface area (Å²) in [6.45, 7) is 7.62. The fraction of sp³-hybridized carbons (Fsp3) is 0.500. The van der Waals surface area contributed by atoms with Crippen molar-refractivity contribution in [2.75, 3.05) is 20.7 Å². The highest BCUT2D eigenvalue weighted by Gasteiger charge is 2.34. The van der Waals surface area contributed by atoms with Crippen molar-refractivity contribution < 1.29 is 4.74 Å². The Morgan fingerprint density at radius 1 is 1.39 bits per heavy atom. The molecule has 1 N–H and O–H groups in total. The van der Waals surface area contributed by atoms with E-state index in [0.29, 0.717) is 0 Å². The fourth-order valence-corrected chi connectivity index (χ4v) is 2.85. The number of hydrogen-bond donors (Lipinski definition) is 1. The van der Waals surface area contributed by atoms with Crippen LogP contribution < -0.4 is 10.1 Å². The van der Waals surface area contributed by atoms with Gasteiger partial charge in [-0.1, -0.05) is 25.1 Å². The van der Waals surface area contributed by atoms with Gasteiger partial charge in [0.15, 0.2) is 0 Å². The first kappa shape index (κ1) is 13.2. The molecule has 98 valence electrons. The maximum atomic E-state index is 5.37. The van der Waals surface area contributed by atoms with Crippen molar-refractivity contribution in [3.05, 3.63) is 41.5 Å². The Bertz CT molecular complexity index is 452. The number of benzene rings is 1. The van der Waals surface area contributed by atoms with Crippen LogP contribution in [0.1, 0.15) is 30.9 Å². The van der Waals surface area contributed by atoms with Gasteiger partial charge in [0.1, 0.15) is 5.75 Å². The van der Waals surface area contributed by atoms with E-state index in [9.17, 15) is 0 Å². The summed E-state index contributed by atoms with van der Waals surface area (Å²) < 4.78 is 5.37. The molecule has 0 amide bonds. The van der Waals surface area contributed by atoms with Gasteiger partial charge in [-0.05, 0) is 56.1 Å². The highest BCUT2D eigenvalue weighted by molar-refractivity contribution is 5.48. The third-order valence-corrected chi connectivity index (χ3v) is 4.26. The number of aryl methyl sites for hydroxylation is 1. The van der Waals surface area contributed by atoms with Crippen LogP contribution in [0.25, 0.3) is 0 Å². The molecule has 1 aliphatic carbocycles. The second-order valence-corrected chi connectivity index (χ2v) is 5.31. The maximum absolute atomic E-state index is 5.37. The average Bonchev–Trinajstić information content (AvgIpc) is 2.41. The smallest absolute Gasteiger partial charge is 0.119 e. The molecule has 2 nitrogen and oxygen atoms in total. The van der Waals surface area contributed by atoms with E-state index >= 15 is 0 Å². The van der Waals surface area contributed by atoms with Gasteiger partial charge in [-0.3, -0.25) is 0 Å². The number of nitrogens with one attached hydrogen (secondary N) is 1. The molecule has 0 aliphatic heterocycles. The van der Waals surface area contributed by atoms with Crippen LogP contribution in [0.15, 0.2) is 30.4 Å². The molecule has 0 saturated heterocycles. The van der Waals surface area contributed by atoms with Crippen molar-refractivity contribution in [2.24, 2.45) is 0 Å². The van der Waals surface area contributed by atoms with Crippen molar-refractivity contribution >= 4 is 0 Å². The molecule has 2 rings (SSSR count). The highest BCUT2D eigenvalue weighted by Crippen LogP contribution is 2.43. The predicted molar refractivity (Wildman–Crippen MR) is 76.4 cm³/mol. The molecule has 0 aromatic heterocycles. The summed E-state index contributed by atoms with van der Waals surface area (Å²) in [5.74, 6) is 0.944. The summed E-state index contributed by atoms with van der Waals surface area (Å²) in [4.78, 5) is 0. The maximum Gasteiger partial charge on any atom is 0.119 e. The van der Waals surface area contributed by atoms with Gasteiger partial charge in [-0.25, -0.2) is 0 Å². The van der Waals surface area contributed by atoms with Gasteiger partial charge in [0.25, 0.3) is 0 Å². The highest BCUT2D eigenvalue weighted by atomic mass is 16.5. The largest absolute Gasteiger partial charge is 0.497 e. The molecule has 0 bridgehead atoms. The van der Waals surface area contributed by atoms with Crippen LogP contribution in [0.5, 0.6) is 5.75 Å². The molecular formula is C16H23NO. The summed E-state index contributed by atoms with van der Waals surface area (Å²) in [6, 6.07) is 6.46. The topological polar surface area (TPSA) is 21.3 Å². The van der Waals surface area contributed by atoms with E-state index in [1.807, 2.05) is 7.05 Å². The SMILES string of the molecule is C=C1CCc2ccc(OC)cc2[C@]1(C)CCNC. The van der Waals surface area contributed by atoms with Crippen molar-refractivity contribution in [1.29, 1.82) is 0 Å². The van der Waals surface area contributed by atoms with Crippen LogP contribution in [0.3, 0.4) is 0 Å². The van der Waals surface area contributed by atoms with Gasteiger partial charge in [-0.2, -0.15) is 0 Å². The Balaban J connectivity index is 2.44. The molecule has 1 aliphatic rings. The van der Waals surface area contributed by atoms with Crippen LogP contribution >= 0.6 is 0 Å². The van der Waals surface area contributed by atoms with Gasteiger partial charge in [0, 0.05) is 5.41 Å². The molecular weight excluding hydrogens is 222 g/mol. The van der Waals surface area contributed by atoms with Gasteiger partial charge in [0.05, 0.1) is 7.11 Å². The Morgan fingerprint density at radius 2 is 2.17 bits per heavy atom. The summed E-state index contributed by atoms with van der Waals surface area (Å²) in [5, 5.41) is 3.25. The lowest BCUT2D eigenvalue weighted by atomic mass is 9.66. The van der Waals surface area contributed by atoms with E-state index in [1.54, 1.807) is 7.11 Å². The van der Waals surface area contributed by atoms with Gasteiger partial charge in [-0.15, -0.1) is 0 Å². The normalized spacial score (nSPS) is 22.7. The van der Waals surface area contributed by atoms with Crippen molar-refractivity contribution in [3.63, 3.8) is 0 Å². The Hall–Kier alpha value is -1.28. The number of ether oxygens (including phenoxy) is 1. The monoisotopic (exact) mass is 245 g/mol. The Kier molecular flexibility index (Phi) is 3.76.